The average Bonchev–Trinajstić information content (AvgIpc) is 2.57. The summed E-state index contributed by atoms with van der Waals surface area (Å²) in [6.07, 6.45) is -0.602. The van der Waals surface area contributed by atoms with Crippen molar-refractivity contribution in [2.45, 2.75) is 6.17 Å². The molecule has 0 aliphatic carbocycles. The van der Waals surface area contributed by atoms with Crippen molar-refractivity contribution >= 4 is 17.5 Å². The van der Waals surface area contributed by atoms with Gasteiger partial charge in [0.1, 0.15) is 6.17 Å². The highest BCUT2D eigenvalue weighted by Crippen LogP contribution is 2.35. The van der Waals surface area contributed by atoms with Crippen LogP contribution in [0.5, 0.6) is 11.5 Å². The molecule has 2 aromatic carbocycles. The van der Waals surface area contributed by atoms with Crippen LogP contribution >= 0.6 is 0 Å². The molecule has 0 radical (unpaired) electrons. The zero-order valence-electron chi connectivity index (χ0n) is 13.0. The van der Waals surface area contributed by atoms with Crippen molar-refractivity contribution in [1.82, 2.24) is 5.32 Å². The van der Waals surface area contributed by atoms with Crippen molar-refractivity contribution in [2.24, 2.45) is 5.73 Å². The van der Waals surface area contributed by atoms with Gasteiger partial charge in [-0.05, 0) is 29.8 Å². The second-order valence-electron chi connectivity index (χ2n) is 5.42. The Morgan fingerprint density at radius 2 is 2.08 bits per heavy atom. The smallest absolute Gasteiger partial charge is 0.255 e. The van der Waals surface area contributed by atoms with Crippen LogP contribution in [0.3, 0.4) is 0 Å². The molecule has 0 saturated carbocycles. The minimum Gasteiger partial charge on any atom is -0.504 e. The fourth-order valence-corrected chi connectivity index (χ4v) is 2.81. The molecule has 0 spiro atoms. The van der Waals surface area contributed by atoms with Gasteiger partial charge in [0, 0.05) is 0 Å². The Kier molecular flexibility index (Phi) is 3.99. The summed E-state index contributed by atoms with van der Waals surface area (Å²) in [7, 11) is 1.44. The predicted molar refractivity (Wildman–Crippen MR) is 87.8 cm³/mol. The normalized spacial score (nSPS) is 16.3. The molecule has 0 aromatic heterocycles. The molecule has 3 rings (SSSR count). The highest BCUT2D eigenvalue weighted by Gasteiger charge is 2.32. The van der Waals surface area contributed by atoms with Crippen LogP contribution in [-0.2, 0) is 4.79 Å². The van der Waals surface area contributed by atoms with Gasteiger partial charge in [0.25, 0.3) is 5.91 Å². The first-order valence-corrected chi connectivity index (χ1v) is 7.33. The molecule has 0 fully saturated rings. The third-order valence-electron chi connectivity index (χ3n) is 3.88. The quantitative estimate of drug-likeness (QED) is 0.781. The molecule has 7 heteroatoms. The molecule has 124 valence electrons. The van der Waals surface area contributed by atoms with Gasteiger partial charge in [0.05, 0.1) is 24.9 Å². The second-order valence-corrected chi connectivity index (χ2v) is 5.42. The Morgan fingerprint density at radius 3 is 2.79 bits per heavy atom. The van der Waals surface area contributed by atoms with Crippen LogP contribution < -0.4 is 20.7 Å². The van der Waals surface area contributed by atoms with E-state index in [1.165, 1.54) is 13.2 Å². The van der Waals surface area contributed by atoms with E-state index in [1.54, 1.807) is 41.3 Å². The monoisotopic (exact) mass is 327 g/mol. The van der Waals surface area contributed by atoms with E-state index in [1.807, 2.05) is 0 Å². The molecule has 4 N–H and O–H groups in total. The number of carbonyl (C=O) groups is 2. The number of aromatic hydroxyl groups is 1. The summed E-state index contributed by atoms with van der Waals surface area (Å²) in [5.74, 6) is -0.495. The number of hydrogen-bond donors (Lipinski definition) is 3. The molecule has 0 bridgehead atoms. The van der Waals surface area contributed by atoms with Gasteiger partial charge in [-0.25, -0.2) is 0 Å². The fourth-order valence-electron chi connectivity index (χ4n) is 2.81. The number of methoxy groups -OCH3 is 1. The summed E-state index contributed by atoms with van der Waals surface area (Å²) in [5, 5.41) is 12.6. The lowest BCUT2D eigenvalue weighted by Crippen LogP contribution is -2.49. The second kappa shape index (κ2) is 6.11. The Balaban J connectivity index is 2.09. The highest BCUT2D eigenvalue weighted by atomic mass is 16.5. The SMILES string of the molecule is COc1cc([C@@H]2NC(=O)c3ccccc3N2CC(N)=O)ccc1O. The molecule has 1 aliphatic heterocycles. The van der Waals surface area contributed by atoms with E-state index in [4.69, 9.17) is 10.5 Å². The van der Waals surface area contributed by atoms with E-state index in [-0.39, 0.29) is 24.0 Å². The van der Waals surface area contributed by atoms with Gasteiger partial charge in [-0.1, -0.05) is 18.2 Å². The summed E-state index contributed by atoms with van der Waals surface area (Å²) in [6, 6.07) is 11.7. The largest absolute Gasteiger partial charge is 0.504 e. The van der Waals surface area contributed by atoms with Gasteiger partial charge in [-0.2, -0.15) is 0 Å². The van der Waals surface area contributed by atoms with Gasteiger partial charge in [-0.3, -0.25) is 9.59 Å². The van der Waals surface area contributed by atoms with Crippen LogP contribution in [0.25, 0.3) is 0 Å². The van der Waals surface area contributed by atoms with Crippen molar-refractivity contribution in [3.63, 3.8) is 0 Å². The van der Waals surface area contributed by atoms with Crippen molar-refractivity contribution < 1.29 is 19.4 Å². The van der Waals surface area contributed by atoms with E-state index < -0.39 is 12.1 Å². The van der Waals surface area contributed by atoms with Crippen LogP contribution in [0.15, 0.2) is 42.5 Å². The lowest BCUT2D eigenvalue weighted by molar-refractivity contribution is -0.116. The summed E-state index contributed by atoms with van der Waals surface area (Å²) in [4.78, 5) is 25.6. The first kappa shape index (κ1) is 15.7. The van der Waals surface area contributed by atoms with Crippen LogP contribution in [-0.4, -0.2) is 30.6 Å². The van der Waals surface area contributed by atoms with E-state index in [9.17, 15) is 14.7 Å². The number of nitrogens with one attached hydrogen (secondary N) is 1. The van der Waals surface area contributed by atoms with Gasteiger partial charge >= 0.3 is 0 Å². The summed E-state index contributed by atoms with van der Waals surface area (Å²) < 4.78 is 5.12. The number of primary amides is 1. The topological polar surface area (TPSA) is 105 Å². The van der Waals surface area contributed by atoms with E-state index >= 15 is 0 Å². The van der Waals surface area contributed by atoms with Crippen molar-refractivity contribution in [1.29, 1.82) is 0 Å². The molecular weight excluding hydrogens is 310 g/mol. The van der Waals surface area contributed by atoms with Crippen LogP contribution in [0, 0.1) is 0 Å². The maximum Gasteiger partial charge on any atom is 0.255 e. The zero-order valence-corrected chi connectivity index (χ0v) is 13.0. The third kappa shape index (κ3) is 2.71. The zero-order chi connectivity index (χ0) is 17.3. The predicted octanol–water partition coefficient (Wildman–Crippen LogP) is 1.13. The molecule has 0 unspecified atom stereocenters. The standard InChI is InChI=1S/C17H17N3O4/c1-24-14-8-10(6-7-13(14)21)16-19-17(23)11-4-2-3-5-12(11)20(16)9-15(18)22/h2-8,16,21H,9H2,1H3,(H2,18,22)(H,19,23)/t16-/m1/s1. The Hall–Kier alpha value is -3.22. The molecule has 7 nitrogen and oxygen atoms in total. The van der Waals surface area contributed by atoms with E-state index in [0.717, 1.165) is 0 Å². The Morgan fingerprint density at radius 1 is 1.33 bits per heavy atom. The van der Waals surface area contributed by atoms with Crippen LogP contribution in [0.1, 0.15) is 22.1 Å². The molecule has 2 amide bonds. The molecule has 2 aromatic rings. The first-order valence-electron chi connectivity index (χ1n) is 7.33. The number of phenolic OH excluding ortho intramolecular Hbond substituents is 1. The number of benzene rings is 2. The molecule has 1 heterocycles. The number of amides is 2. The lowest BCUT2D eigenvalue weighted by atomic mass is 10.0. The molecule has 0 saturated heterocycles. The van der Waals surface area contributed by atoms with E-state index in [0.29, 0.717) is 16.8 Å². The molecular formula is C17H17N3O4. The Bertz CT molecular complexity index is 806. The minimum atomic E-state index is -0.602. The number of anilines is 1. The fraction of sp³-hybridized carbons (Fsp3) is 0.176. The maximum atomic E-state index is 12.4. The van der Waals surface area contributed by atoms with Crippen molar-refractivity contribution in [3.05, 3.63) is 53.6 Å². The van der Waals surface area contributed by atoms with Crippen molar-refractivity contribution in [3.8, 4) is 11.5 Å². The summed E-state index contributed by atoms with van der Waals surface area (Å²) >= 11 is 0. The number of fused-ring (bicyclic) bond motifs is 1. The van der Waals surface area contributed by atoms with Gasteiger partial charge in [-0.15, -0.1) is 0 Å². The molecule has 24 heavy (non-hydrogen) atoms. The number of ether oxygens (including phenoxy) is 1. The number of carbonyl (C=O) groups excluding carboxylic acids is 2. The number of rotatable bonds is 4. The number of nitrogens with two attached hydrogens (primary N) is 1. The maximum absolute atomic E-state index is 12.4. The number of phenols is 1. The van der Waals surface area contributed by atoms with E-state index in [2.05, 4.69) is 5.32 Å². The molecule has 1 atom stereocenters. The minimum absolute atomic E-state index is 0.00904. The average molecular weight is 327 g/mol. The van der Waals surface area contributed by atoms with Crippen molar-refractivity contribution in [2.75, 3.05) is 18.6 Å². The van der Waals surface area contributed by atoms with Crippen LogP contribution in [0.2, 0.25) is 0 Å². The molecule has 1 aliphatic rings. The lowest BCUT2D eigenvalue weighted by Gasteiger charge is -2.38. The van der Waals surface area contributed by atoms with Gasteiger partial charge in [0.2, 0.25) is 5.91 Å². The van der Waals surface area contributed by atoms with Crippen LogP contribution in [0.4, 0.5) is 5.69 Å². The summed E-state index contributed by atoms with van der Waals surface area (Å²) in [6.45, 7) is -0.0643. The summed E-state index contributed by atoms with van der Waals surface area (Å²) in [5.41, 5.74) is 7.13. The van der Waals surface area contributed by atoms with Gasteiger partial charge in [0.15, 0.2) is 11.5 Å². The number of para-hydroxylation sites is 1. The third-order valence-corrected chi connectivity index (χ3v) is 3.88. The first-order chi connectivity index (χ1) is 11.5. The highest BCUT2D eigenvalue weighted by molar-refractivity contribution is 6.02. The number of hydrogen-bond acceptors (Lipinski definition) is 5. The Labute approximate surface area is 138 Å². The van der Waals surface area contributed by atoms with Gasteiger partial charge < -0.3 is 25.8 Å². The number of nitrogens with zero attached hydrogens (tertiary/aromatic N) is 1.